The maximum Gasteiger partial charge on any atom is 0.237 e. The Kier molecular flexibility index (Phi) is 8.73. The smallest absolute Gasteiger partial charge is 0.237 e. The lowest BCUT2D eigenvalue weighted by atomic mass is 10.1. The molecule has 1 atom stereocenters. The maximum absolute atomic E-state index is 12.9. The quantitative estimate of drug-likeness (QED) is 0.657. The first kappa shape index (κ1) is 22.2. The zero-order valence-electron chi connectivity index (χ0n) is 17.4. The molecule has 0 bridgehead atoms. The molecular weight excluding hydrogens is 358 g/mol. The highest BCUT2D eigenvalue weighted by Gasteiger charge is 2.33. The molecule has 2 rings (SSSR count). The minimum Gasteiger partial charge on any atom is -0.494 e. The highest BCUT2D eigenvalue weighted by molar-refractivity contribution is 5.89. The van der Waals surface area contributed by atoms with Crippen molar-refractivity contribution in [3.8, 4) is 5.75 Å². The largest absolute Gasteiger partial charge is 0.494 e. The Morgan fingerprint density at radius 3 is 2.64 bits per heavy atom. The topological polar surface area (TPSA) is 71.1 Å². The number of carbonyl (C=O) groups is 2. The van der Waals surface area contributed by atoms with Crippen molar-refractivity contribution in [2.45, 2.75) is 45.8 Å². The van der Waals surface area contributed by atoms with Crippen LogP contribution >= 0.6 is 0 Å². The maximum atomic E-state index is 12.9. The summed E-state index contributed by atoms with van der Waals surface area (Å²) in [5.41, 5.74) is 1.09. The second-order valence-corrected chi connectivity index (χ2v) is 7.23. The van der Waals surface area contributed by atoms with Crippen LogP contribution in [0.2, 0.25) is 0 Å². The average molecular weight is 392 g/mol. The van der Waals surface area contributed by atoms with Crippen LogP contribution in [0, 0.1) is 0 Å². The minimum absolute atomic E-state index is 0.0224. The fourth-order valence-corrected chi connectivity index (χ4v) is 3.41. The average Bonchev–Trinajstić information content (AvgIpc) is 2.66. The lowest BCUT2D eigenvalue weighted by Crippen LogP contribution is -2.56. The van der Waals surface area contributed by atoms with E-state index in [1.807, 2.05) is 45.0 Å². The highest BCUT2D eigenvalue weighted by atomic mass is 16.5. The van der Waals surface area contributed by atoms with Gasteiger partial charge in [0.2, 0.25) is 11.8 Å². The van der Waals surface area contributed by atoms with Gasteiger partial charge < -0.3 is 19.7 Å². The summed E-state index contributed by atoms with van der Waals surface area (Å²) < 4.78 is 10.6. The molecule has 0 saturated carbocycles. The van der Waals surface area contributed by atoms with E-state index in [2.05, 4.69) is 10.2 Å². The second kappa shape index (κ2) is 11.0. The molecule has 7 heteroatoms. The van der Waals surface area contributed by atoms with Gasteiger partial charge in [0, 0.05) is 39.3 Å². The normalized spacial score (nSPS) is 17.5. The number of benzene rings is 1. The Morgan fingerprint density at radius 2 is 2.04 bits per heavy atom. The summed E-state index contributed by atoms with van der Waals surface area (Å²) in [7, 11) is 1.62. The number of methoxy groups -OCH3 is 1. The Hall–Kier alpha value is -2.12. The van der Waals surface area contributed by atoms with E-state index < -0.39 is 6.04 Å². The first-order chi connectivity index (χ1) is 13.5. The first-order valence-electron chi connectivity index (χ1n) is 9.98. The van der Waals surface area contributed by atoms with Crippen molar-refractivity contribution in [3.63, 3.8) is 0 Å². The molecule has 1 aliphatic rings. The molecule has 1 heterocycles. The zero-order chi connectivity index (χ0) is 20.5. The molecule has 1 aromatic rings. The molecule has 2 amide bonds. The molecule has 156 valence electrons. The summed E-state index contributed by atoms with van der Waals surface area (Å²) in [5, 5.41) is 2.89. The Morgan fingerprint density at radius 1 is 1.32 bits per heavy atom. The molecule has 1 aliphatic heterocycles. The van der Waals surface area contributed by atoms with Gasteiger partial charge in [-0.05, 0) is 38.5 Å². The third kappa shape index (κ3) is 6.21. The van der Waals surface area contributed by atoms with E-state index in [0.29, 0.717) is 32.8 Å². The van der Waals surface area contributed by atoms with Crippen LogP contribution in [0.1, 0.15) is 32.8 Å². The van der Waals surface area contributed by atoms with E-state index in [9.17, 15) is 9.59 Å². The molecule has 7 nitrogen and oxygen atoms in total. The number of nitrogens with one attached hydrogen (secondary N) is 1. The molecule has 1 fully saturated rings. The predicted octanol–water partition coefficient (Wildman–Crippen LogP) is 1.66. The molecule has 28 heavy (non-hydrogen) atoms. The van der Waals surface area contributed by atoms with E-state index in [1.54, 1.807) is 12.0 Å². The van der Waals surface area contributed by atoms with Crippen LogP contribution in [0.5, 0.6) is 5.75 Å². The molecule has 1 N–H and O–H groups in total. The van der Waals surface area contributed by atoms with Gasteiger partial charge in [-0.3, -0.25) is 14.5 Å². The summed E-state index contributed by atoms with van der Waals surface area (Å²) in [6.07, 6.45) is 0.171. The van der Waals surface area contributed by atoms with Crippen LogP contribution in [-0.4, -0.2) is 73.7 Å². The number of amides is 2. The fraction of sp³-hybridized carbons (Fsp3) is 0.619. The van der Waals surface area contributed by atoms with Gasteiger partial charge in [0.15, 0.2) is 0 Å². The van der Waals surface area contributed by atoms with E-state index in [0.717, 1.165) is 17.9 Å². The number of hydrogen-bond acceptors (Lipinski definition) is 5. The number of rotatable bonds is 10. The number of piperazine rings is 1. The van der Waals surface area contributed by atoms with Crippen molar-refractivity contribution in [2.24, 2.45) is 0 Å². The molecule has 1 saturated heterocycles. The van der Waals surface area contributed by atoms with Gasteiger partial charge in [0.1, 0.15) is 5.75 Å². The van der Waals surface area contributed by atoms with Crippen molar-refractivity contribution < 1.29 is 19.1 Å². The Balaban J connectivity index is 2.06. The van der Waals surface area contributed by atoms with Crippen molar-refractivity contribution >= 4 is 11.8 Å². The van der Waals surface area contributed by atoms with Gasteiger partial charge in [0.25, 0.3) is 0 Å². The van der Waals surface area contributed by atoms with E-state index >= 15 is 0 Å². The Labute approximate surface area is 168 Å². The van der Waals surface area contributed by atoms with Crippen LogP contribution < -0.4 is 10.1 Å². The summed E-state index contributed by atoms with van der Waals surface area (Å²) >= 11 is 0. The molecular formula is C21H33N3O4. The van der Waals surface area contributed by atoms with Crippen LogP contribution in [-0.2, 0) is 20.9 Å². The lowest BCUT2D eigenvalue weighted by Gasteiger charge is -2.36. The van der Waals surface area contributed by atoms with Crippen molar-refractivity contribution in [3.05, 3.63) is 29.8 Å². The van der Waals surface area contributed by atoms with Crippen molar-refractivity contribution in [1.29, 1.82) is 0 Å². The van der Waals surface area contributed by atoms with E-state index in [-0.39, 0.29) is 24.3 Å². The number of ether oxygens (including phenoxy) is 2. The molecule has 0 aromatic heterocycles. The monoisotopic (exact) mass is 391 g/mol. The van der Waals surface area contributed by atoms with Crippen LogP contribution in [0.25, 0.3) is 0 Å². The van der Waals surface area contributed by atoms with Crippen LogP contribution in [0.4, 0.5) is 0 Å². The third-order valence-electron chi connectivity index (χ3n) is 4.91. The fourth-order valence-electron chi connectivity index (χ4n) is 3.41. The predicted molar refractivity (Wildman–Crippen MR) is 108 cm³/mol. The standard InChI is InChI=1S/C21H33N3O4/c1-5-28-18-8-6-17(7-9-18)15-23-11-10-22-21(26)19(23)14-20(25)24(16(2)3)12-13-27-4/h6-9,16,19H,5,10-15H2,1-4H3,(H,22,26)/t19-/m0/s1. The molecule has 0 aliphatic carbocycles. The summed E-state index contributed by atoms with van der Waals surface area (Å²) in [4.78, 5) is 29.2. The SMILES string of the molecule is CCOc1ccc(CN2CCNC(=O)[C@@H]2CC(=O)N(CCOC)C(C)C)cc1. The van der Waals surface area contributed by atoms with Gasteiger partial charge in [-0.2, -0.15) is 0 Å². The van der Waals surface area contributed by atoms with Gasteiger partial charge in [-0.25, -0.2) is 0 Å². The van der Waals surface area contributed by atoms with Crippen LogP contribution in [0.3, 0.4) is 0 Å². The first-order valence-corrected chi connectivity index (χ1v) is 9.98. The molecule has 1 aromatic carbocycles. The number of nitrogens with zero attached hydrogens (tertiary/aromatic N) is 2. The summed E-state index contributed by atoms with van der Waals surface area (Å²) in [6, 6.07) is 7.50. The highest BCUT2D eigenvalue weighted by Crippen LogP contribution is 2.18. The van der Waals surface area contributed by atoms with Gasteiger partial charge in [-0.15, -0.1) is 0 Å². The minimum atomic E-state index is -0.461. The summed E-state index contributed by atoms with van der Waals surface area (Å²) in [5.74, 6) is 0.729. The molecule has 0 unspecified atom stereocenters. The zero-order valence-corrected chi connectivity index (χ0v) is 17.4. The number of hydrogen-bond donors (Lipinski definition) is 1. The Bertz CT molecular complexity index is 633. The lowest BCUT2D eigenvalue weighted by molar-refractivity contribution is -0.140. The van der Waals surface area contributed by atoms with Crippen molar-refractivity contribution in [1.82, 2.24) is 15.1 Å². The van der Waals surface area contributed by atoms with Gasteiger partial charge in [0.05, 0.1) is 25.7 Å². The van der Waals surface area contributed by atoms with Gasteiger partial charge >= 0.3 is 0 Å². The molecule has 0 radical (unpaired) electrons. The second-order valence-electron chi connectivity index (χ2n) is 7.23. The number of carbonyl (C=O) groups excluding carboxylic acids is 2. The summed E-state index contributed by atoms with van der Waals surface area (Å²) in [6.45, 7) is 9.49. The van der Waals surface area contributed by atoms with Crippen molar-refractivity contribution in [2.75, 3.05) is 40.0 Å². The van der Waals surface area contributed by atoms with E-state index in [4.69, 9.17) is 9.47 Å². The van der Waals surface area contributed by atoms with E-state index in [1.165, 1.54) is 0 Å². The van der Waals surface area contributed by atoms with Crippen LogP contribution in [0.15, 0.2) is 24.3 Å². The van der Waals surface area contributed by atoms with Gasteiger partial charge in [-0.1, -0.05) is 12.1 Å². The third-order valence-corrected chi connectivity index (χ3v) is 4.91. The molecule has 0 spiro atoms.